The van der Waals surface area contributed by atoms with Crippen molar-refractivity contribution in [3.05, 3.63) is 18.2 Å². The average molecular weight is 227 g/mol. The molecule has 0 aliphatic carbocycles. The van der Waals surface area contributed by atoms with Crippen molar-refractivity contribution in [3.8, 4) is 0 Å². The van der Waals surface area contributed by atoms with Crippen molar-refractivity contribution < 1.29 is 9.50 Å². The second kappa shape index (κ2) is 5.21. The summed E-state index contributed by atoms with van der Waals surface area (Å²) < 4.78 is 12.5. The zero-order valence-electron chi connectivity index (χ0n) is 9.87. The Bertz CT molecular complexity index is 325. The molecule has 0 bridgehead atoms. The van der Waals surface area contributed by atoms with Gasteiger partial charge in [-0.3, -0.25) is 0 Å². The highest BCUT2D eigenvalue weighted by atomic mass is 19.1. The number of anilines is 1. The molecule has 5 heteroatoms. The minimum absolute atomic E-state index is 0.324. The first kappa shape index (κ1) is 12.8. The molecule has 90 valence electrons. The van der Waals surface area contributed by atoms with Crippen molar-refractivity contribution in [1.82, 2.24) is 9.97 Å². The Kier molecular flexibility index (Phi) is 4.18. The van der Waals surface area contributed by atoms with Crippen LogP contribution in [0.3, 0.4) is 0 Å². The van der Waals surface area contributed by atoms with E-state index in [4.69, 9.17) is 0 Å². The first-order valence-electron chi connectivity index (χ1n) is 5.33. The summed E-state index contributed by atoms with van der Waals surface area (Å²) in [6.07, 6.45) is 2.86. The maximum absolute atomic E-state index is 12.5. The summed E-state index contributed by atoms with van der Waals surface area (Å²) in [5.74, 6) is 0.260. The van der Waals surface area contributed by atoms with Crippen molar-refractivity contribution in [2.75, 3.05) is 11.9 Å². The third-order valence-corrected chi connectivity index (χ3v) is 2.10. The van der Waals surface area contributed by atoms with E-state index in [1.54, 1.807) is 6.92 Å². The van der Waals surface area contributed by atoms with E-state index in [1.165, 1.54) is 0 Å². The van der Waals surface area contributed by atoms with Gasteiger partial charge in [-0.2, -0.15) is 0 Å². The van der Waals surface area contributed by atoms with Gasteiger partial charge >= 0.3 is 0 Å². The molecule has 0 amide bonds. The fourth-order valence-electron chi connectivity index (χ4n) is 1.62. The van der Waals surface area contributed by atoms with Gasteiger partial charge < -0.3 is 10.4 Å². The summed E-state index contributed by atoms with van der Waals surface area (Å²) in [6.45, 7) is 6.19. The maximum atomic E-state index is 12.5. The molecule has 0 aliphatic rings. The number of hydrogen-bond acceptors (Lipinski definition) is 4. The van der Waals surface area contributed by atoms with Crippen LogP contribution in [0.4, 0.5) is 10.3 Å². The molecule has 1 unspecified atom stereocenters. The van der Waals surface area contributed by atoms with Gasteiger partial charge in [-0.25, -0.2) is 14.4 Å². The summed E-state index contributed by atoms with van der Waals surface area (Å²) in [7, 11) is 0. The Morgan fingerprint density at radius 3 is 2.50 bits per heavy atom. The molecule has 1 rings (SSSR count). The Morgan fingerprint density at radius 1 is 1.44 bits per heavy atom. The van der Waals surface area contributed by atoms with Crippen LogP contribution in [0.2, 0.25) is 0 Å². The van der Waals surface area contributed by atoms with Gasteiger partial charge in [-0.05, 0) is 19.3 Å². The van der Waals surface area contributed by atoms with Crippen LogP contribution in [0.15, 0.2) is 12.4 Å². The van der Waals surface area contributed by atoms with Gasteiger partial charge in [0.05, 0.1) is 18.0 Å². The highest BCUT2D eigenvalue weighted by Gasteiger charge is 2.21. The topological polar surface area (TPSA) is 58.0 Å². The Balaban J connectivity index is 2.47. The van der Waals surface area contributed by atoms with Crippen LogP contribution in [0, 0.1) is 11.7 Å². The van der Waals surface area contributed by atoms with Gasteiger partial charge in [0.15, 0.2) is 5.82 Å². The van der Waals surface area contributed by atoms with Crippen molar-refractivity contribution >= 4 is 5.95 Å². The van der Waals surface area contributed by atoms with E-state index in [9.17, 15) is 9.50 Å². The Labute approximate surface area is 94.9 Å². The van der Waals surface area contributed by atoms with E-state index in [0.29, 0.717) is 24.8 Å². The van der Waals surface area contributed by atoms with Crippen LogP contribution in [0.5, 0.6) is 0 Å². The van der Waals surface area contributed by atoms with Crippen molar-refractivity contribution in [2.24, 2.45) is 5.92 Å². The van der Waals surface area contributed by atoms with E-state index in [0.717, 1.165) is 12.4 Å². The molecule has 1 aromatic heterocycles. The molecule has 1 heterocycles. The molecule has 0 fully saturated rings. The molecule has 0 spiro atoms. The quantitative estimate of drug-likeness (QED) is 0.805. The standard InChI is InChI=1S/C11H18FN3O/c1-8(2)4-11(3,16)7-15-10-13-5-9(12)6-14-10/h5-6,8,16H,4,7H2,1-3H3,(H,13,14,15). The lowest BCUT2D eigenvalue weighted by molar-refractivity contribution is 0.0514. The van der Waals surface area contributed by atoms with Crippen LogP contribution in [0.1, 0.15) is 27.2 Å². The highest BCUT2D eigenvalue weighted by Crippen LogP contribution is 2.16. The Morgan fingerprint density at radius 2 is 2.00 bits per heavy atom. The molecule has 1 atom stereocenters. The van der Waals surface area contributed by atoms with Gasteiger partial charge in [0.25, 0.3) is 0 Å². The molecule has 1 aromatic rings. The fourth-order valence-corrected chi connectivity index (χ4v) is 1.62. The van der Waals surface area contributed by atoms with Crippen LogP contribution in [-0.2, 0) is 0 Å². The normalized spacial score (nSPS) is 14.9. The van der Waals surface area contributed by atoms with Crippen molar-refractivity contribution in [2.45, 2.75) is 32.8 Å². The lowest BCUT2D eigenvalue weighted by Gasteiger charge is -2.25. The molecule has 0 aromatic carbocycles. The number of hydrogen-bond donors (Lipinski definition) is 2. The number of aliphatic hydroxyl groups is 1. The Hall–Kier alpha value is -1.23. The van der Waals surface area contributed by atoms with Crippen LogP contribution in [-0.4, -0.2) is 27.2 Å². The molecule has 2 N–H and O–H groups in total. The van der Waals surface area contributed by atoms with Gasteiger partial charge in [-0.1, -0.05) is 13.8 Å². The van der Waals surface area contributed by atoms with Gasteiger partial charge in [-0.15, -0.1) is 0 Å². The second-order valence-electron chi connectivity index (χ2n) is 4.67. The highest BCUT2D eigenvalue weighted by molar-refractivity contribution is 5.23. The molecule has 16 heavy (non-hydrogen) atoms. The van der Waals surface area contributed by atoms with Gasteiger partial charge in [0.2, 0.25) is 5.95 Å². The lowest BCUT2D eigenvalue weighted by atomic mass is 9.94. The van der Waals surface area contributed by atoms with E-state index in [1.807, 2.05) is 13.8 Å². The third-order valence-electron chi connectivity index (χ3n) is 2.10. The number of rotatable bonds is 5. The number of halogens is 1. The predicted octanol–water partition coefficient (Wildman–Crippen LogP) is 1.82. The summed E-state index contributed by atoms with van der Waals surface area (Å²) in [5.41, 5.74) is -0.814. The molecule has 0 radical (unpaired) electrons. The van der Waals surface area contributed by atoms with Crippen LogP contribution in [0.25, 0.3) is 0 Å². The molecule has 0 saturated carbocycles. The fraction of sp³-hybridized carbons (Fsp3) is 0.636. The largest absolute Gasteiger partial charge is 0.388 e. The molecule has 0 saturated heterocycles. The number of aromatic nitrogens is 2. The minimum atomic E-state index is -0.814. The maximum Gasteiger partial charge on any atom is 0.222 e. The van der Waals surface area contributed by atoms with Crippen molar-refractivity contribution in [1.29, 1.82) is 0 Å². The summed E-state index contributed by atoms with van der Waals surface area (Å²) >= 11 is 0. The third kappa shape index (κ3) is 4.53. The monoisotopic (exact) mass is 227 g/mol. The van der Waals surface area contributed by atoms with E-state index < -0.39 is 11.4 Å². The van der Waals surface area contributed by atoms with Crippen LogP contribution < -0.4 is 5.32 Å². The summed E-state index contributed by atoms with van der Waals surface area (Å²) in [5, 5.41) is 12.9. The number of nitrogens with one attached hydrogen (secondary N) is 1. The first-order chi connectivity index (χ1) is 7.39. The minimum Gasteiger partial charge on any atom is -0.388 e. The summed E-state index contributed by atoms with van der Waals surface area (Å²) in [4.78, 5) is 7.50. The smallest absolute Gasteiger partial charge is 0.222 e. The molecular formula is C11H18FN3O. The van der Waals surface area contributed by atoms with E-state index >= 15 is 0 Å². The SMILES string of the molecule is CC(C)CC(C)(O)CNc1ncc(F)cn1. The first-order valence-corrected chi connectivity index (χ1v) is 5.33. The zero-order valence-corrected chi connectivity index (χ0v) is 9.87. The number of nitrogens with zero attached hydrogens (tertiary/aromatic N) is 2. The van der Waals surface area contributed by atoms with Crippen LogP contribution >= 0.6 is 0 Å². The molecule has 4 nitrogen and oxygen atoms in total. The van der Waals surface area contributed by atoms with Crippen molar-refractivity contribution in [3.63, 3.8) is 0 Å². The van der Waals surface area contributed by atoms with Gasteiger partial charge in [0.1, 0.15) is 0 Å². The van der Waals surface area contributed by atoms with E-state index in [2.05, 4.69) is 15.3 Å². The second-order valence-corrected chi connectivity index (χ2v) is 4.67. The summed E-state index contributed by atoms with van der Waals surface area (Å²) in [6, 6.07) is 0. The molecular weight excluding hydrogens is 209 g/mol. The molecule has 0 aliphatic heterocycles. The van der Waals surface area contributed by atoms with E-state index in [-0.39, 0.29) is 0 Å². The van der Waals surface area contributed by atoms with Gasteiger partial charge in [0, 0.05) is 6.54 Å². The lowest BCUT2D eigenvalue weighted by Crippen LogP contribution is -2.35. The average Bonchev–Trinajstić information content (AvgIpc) is 2.15. The zero-order chi connectivity index (χ0) is 12.2. The predicted molar refractivity (Wildman–Crippen MR) is 60.6 cm³/mol.